The lowest BCUT2D eigenvalue weighted by Crippen LogP contribution is -2.46. The first kappa shape index (κ1) is 18.6. The molecule has 5 nitrogen and oxygen atoms in total. The number of carbonyl (C=O) groups excluding carboxylic acids is 2. The van der Waals surface area contributed by atoms with E-state index >= 15 is 0 Å². The van der Waals surface area contributed by atoms with E-state index in [2.05, 4.69) is 16.0 Å². The molecule has 134 valence electrons. The van der Waals surface area contributed by atoms with Gasteiger partial charge >= 0.3 is 6.03 Å². The second-order valence-corrected chi connectivity index (χ2v) is 6.86. The molecule has 8 heteroatoms. The van der Waals surface area contributed by atoms with Crippen molar-refractivity contribution in [3.8, 4) is 0 Å². The Balaban J connectivity index is 2.04. The maximum absolute atomic E-state index is 12.9. The van der Waals surface area contributed by atoms with Crippen molar-refractivity contribution in [3.05, 3.63) is 74.4 Å². The zero-order valence-corrected chi connectivity index (χ0v) is 15.8. The van der Waals surface area contributed by atoms with Crippen LogP contribution < -0.4 is 16.0 Å². The van der Waals surface area contributed by atoms with Gasteiger partial charge in [0.25, 0.3) is 5.91 Å². The molecule has 0 aromatic heterocycles. The number of allylic oxidation sites excluding steroid dienone is 1. The highest BCUT2D eigenvalue weighted by atomic mass is 35.5. The molecule has 0 aliphatic carbocycles. The Morgan fingerprint density at radius 2 is 1.62 bits per heavy atom. The molecular weight excluding hydrogens is 397 g/mol. The SMILES string of the molecule is CC1=C(C(=O)Nc2ccccc2Cl)C(c2c(Cl)cccc2Cl)NC(=O)N1. The zero-order chi connectivity index (χ0) is 18.8. The molecule has 2 aromatic rings. The van der Waals surface area contributed by atoms with Gasteiger partial charge in [-0.15, -0.1) is 0 Å². The third-order valence-corrected chi connectivity index (χ3v) is 4.91. The lowest BCUT2D eigenvalue weighted by molar-refractivity contribution is -0.113. The van der Waals surface area contributed by atoms with E-state index < -0.39 is 18.0 Å². The summed E-state index contributed by atoms with van der Waals surface area (Å²) >= 11 is 18.7. The highest BCUT2D eigenvalue weighted by Crippen LogP contribution is 2.37. The predicted octanol–water partition coefficient (Wildman–Crippen LogP) is 4.91. The topological polar surface area (TPSA) is 70.2 Å². The van der Waals surface area contributed by atoms with Gasteiger partial charge in [0.2, 0.25) is 0 Å². The van der Waals surface area contributed by atoms with Gasteiger partial charge in [0.05, 0.1) is 22.3 Å². The van der Waals surface area contributed by atoms with Crippen LogP contribution >= 0.6 is 34.8 Å². The molecule has 2 aromatic carbocycles. The molecule has 0 saturated carbocycles. The Hall–Kier alpha value is -2.21. The van der Waals surface area contributed by atoms with E-state index in [0.29, 0.717) is 37.6 Å². The molecule has 3 rings (SSSR count). The average Bonchev–Trinajstić information content (AvgIpc) is 2.56. The maximum atomic E-state index is 12.9. The first-order valence-electron chi connectivity index (χ1n) is 7.66. The minimum atomic E-state index is -0.799. The summed E-state index contributed by atoms with van der Waals surface area (Å²) in [5.41, 5.74) is 1.61. The molecule has 0 radical (unpaired) electrons. The number of benzene rings is 2. The highest BCUT2D eigenvalue weighted by molar-refractivity contribution is 6.36. The zero-order valence-electron chi connectivity index (χ0n) is 13.6. The van der Waals surface area contributed by atoms with E-state index in [-0.39, 0.29) is 0 Å². The van der Waals surface area contributed by atoms with Crippen LogP contribution in [0.2, 0.25) is 15.1 Å². The molecule has 1 aliphatic heterocycles. The highest BCUT2D eigenvalue weighted by Gasteiger charge is 2.33. The summed E-state index contributed by atoms with van der Waals surface area (Å²) in [6, 6.07) is 10.6. The molecule has 26 heavy (non-hydrogen) atoms. The summed E-state index contributed by atoms with van der Waals surface area (Å²) in [4.78, 5) is 24.9. The fraction of sp³-hybridized carbons (Fsp3) is 0.111. The molecule has 1 unspecified atom stereocenters. The van der Waals surface area contributed by atoms with Crippen molar-refractivity contribution in [3.63, 3.8) is 0 Å². The molecular formula is C18H14Cl3N3O2. The van der Waals surface area contributed by atoms with Crippen LogP contribution in [0.5, 0.6) is 0 Å². The summed E-state index contributed by atoms with van der Waals surface area (Å²) in [6.07, 6.45) is 0. The van der Waals surface area contributed by atoms with Gasteiger partial charge in [0.15, 0.2) is 0 Å². The number of nitrogens with one attached hydrogen (secondary N) is 3. The van der Waals surface area contributed by atoms with Gasteiger partial charge in [-0.1, -0.05) is 53.0 Å². The van der Waals surface area contributed by atoms with Crippen LogP contribution in [-0.2, 0) is 4.79 Å². The Labute approximate surface area is 165 Å². The van der Waals surface area contributed by atoms with E-state index in [0.717, 1.165) is 0 Å². The number of rotatable bonds is 3. The van der Waals surface area contributed by atoms with Crippen LogP contribution in [0.3, 0.4) is 0 Å². The van der Waals surface area contributed by atoms with Crippen LogP contribution in [0.15, 0.2) is 53.7 Å². The lowest BCUT2D eigenvalue weighted by Gasteiger charge is -2.29. The summed E-state index contributed by atoms with van der Waals surface area (Å²) in [5, 5.41) is 9.16. The average molecular weight is 411 g/mol. The summed E-state index contributed by atoms with van der Waals surface area (Å²) < 4.78 is 0. The monoisotopic (exact) mass is 409 g/mol. The van der Waals surface area contributed by atoms with Gasteiger partial charge in [-0.3, -0.25) is 4.79 Å². The molecule has 3 amide bonds. The fourth-order valence-corrected chi connectivity index (χ4v) is 3.55. The van der Waals surface area contributed by atoms with Gasteiger partial charge in [0.1, 0.15) is 0 Å². The number of halogens is 3. The second-order valence-electron chi connectivity index (χ2n) is 5.64. The molecule has 1 atom stereocenters. The third kappa shape index (κ3) is 3.65. The largest absolute Gasteiger partial charge is 0.327 e. The quantitative estimate of drug-likeness (QED) is 0.672. The van der Waals surface area contributed by atoms with E-state index in [9.17, 15) is 9.59 Å². The van der Waals surface area contributed by atoms with E-state index in [4.69, 9.17) is 34.8 Å². The van der Waals surface area contributed by atoms with Crippen LogP contribution in [0.1, 0.15) is 18.5 Å². The van der Waals surface area contributed by atoms with Crippen LogP contribution in [-0.4, -0.2) is 11.9 Å². The van der Waals surface area contributed by atoms with Crippen molar-refractivity contribution in [1.82, 2.24) is 10.6 Å². The number of urea groups is 1. The van der Waals surface area contributed by atoms with Gasteiger partial charge in [-0.25, -0.2) is 4.79 Å². The number of hydrogen-bond donors (Lipinski definition) is 3. The Morgan fingerprint density at radius 1 is 1.00 bits per heavy atom. The number of hydrogen-bond acceptors (Lipinski definition) is 2. The fourth-order valence-electron chi connectivity index (χ4n) is 2.75. The minimum absolute atomic E-state index is 0.291. The molecule has 0 fully saturated rings. The maximum Gasteiger partial charge on any atom is 0.319 e. The van der Waals surface area contributed by atoms with Gasteiger partial charge < -0.3 is 16.0 Å². The van der Waals surface area contributed by atoms with Gasteiger partial charge in [-0.2, -0.15) is 0 Å². The smallest absolute Gasteiger partial charge is 0.319 e. The van der Waals surface area contributed by atoms with Crippen molar-refractivity contribution in [2.75, 3.05) is 5.32 Å². The summed E-state index contributed by atoms with van der Waals surface area (Å²) in [7, 11) is 0. The van der Waals surface area contributed by atoms with E-state index in [1.54, 1.807) is 49.4 Å². The van der Waals surface area contributed by atoms with Crippen molar-refractivity contribution >= 4 is 52.4 Å². The Bertz CT molecular complexity index is 907. The summed E-state index contributed by atoms with van der Waals surface area (Å²) in [5.74, 6) is -0.427. The molecule has 0 saturated heterocycles. The number of anilines is 1. The number of carbonyl (C=O) groups is 2. The van der Waals surface area contributed by atoms with Gasteiger partial charge in [0, 0.05) is 21.3 Å². The number of para-hydroxylation sites is 1. The van der Waals surface area contributed by atoms with E-state index in [1.807, 2.05) is 0 Å². The first-order chi connectivity index (χ1) is 12.4. The minimum Gasteiger partial charge on any atom is -0.327 e. The Morgan fingerprint density at radius 3 is 2.27 bits per heavy atom. The summed E-state index contributed by atoms with van der Waals surface area (Å²) in [6.45, 7) is 1.64. The van der Waals surface area contributed by atoms with E-state index in [1.165, 1.54) is 0 Å². The van der Waals surface area contributed by atoms with Crippen LogP contribution in [0.4, 0.5) is 10.5 Å². The van der Waals surface area contributed by atoms with Crippen molar-refractivity contribution < 1.29 is 9.59 Å². The Kier molecular flexibility index (Phi) is 5.41. The second kappa shape index (κ2) is 7.58. The lowest BCUT2D eigenvalue weighted by atomic mass is 9.94. The molecule has 0 bridgehead atoms. The van der Waals surface area contributed by atoms with Crippen LogP contribution in [0, 0.1) is 0 Å². The van der Waals surface area contributed by atoms with Gasteiger partial charge in [-0.05, 0) is 31.2 Å². The van der Waals surface area contributed by atoms with Crippen molar-refractivity contribution in [2.45, 2.75) is 13.0 Å². The van der Waals surface area contributed by atoms with Crippen LogP contribution in [0.25, 0.3) is 0 Å². The number of amides is 3. The first-order valence-corrected chi connectivity index (χ1v) is 8.80. The normalized spacial score (nSPS) is 16.8. The van der Waals surface area contributed by atoms with Crippen molar-refractivity contribution in [2.24, 2.45) is 0 Å². The third-order valence-electron chi connectivity index (χ3n) is 3.92. The van der Waals surface area contributed by atoms with Crippen molar-refractivity contribution in [1.29, 1.82) is 0 Å². The molecule has 1 heterocycles. The predicted molar refractivity (Wildman–Crippen MR) is 104 cm³/mol. The molecule has 3 N–H and O–H groups in total. The standard InChI is InChI=1S/C18H14Cl3N3O2/c1-9-14(17(25)23-13-8-3-2-5-10(13)19)16(24-18(26)22-9)15-11(20)6-4-7-12(15)21/h2-8,16H,1H3,(H,23,25)(H2,22,24,26). The molecule has 0 spiro atoms. The molecule has 1 aliphatic rings.